The summed E-state index contributed by atoms with van der Waals surface area (Å²) in [5.41, 5.74) is 6.51. The molecular weight excluding hydrogens is 246 g/mol. The molecule has 0 aliphatic carbocycles. The molecule has 0 spiro atoms. The first-order valence-corrected chi connectivity index (χ1v) is 7.58. The van der Waals surface area contributed by atoms with Crippen LogP contribution in [0.25, 0.3) is 0 Å². The Morgan fingerprint density at radius 1 is 1.33 bits per heavy atom. The van der Waals surface area contributed by atoms with Gasteiger partial charge in [-0.1, -0.05) is 12.8 Å². The first-order valence-electron chi connectivity index (χ1n) is 6.70. The number of nitrogens with two attached hydrogens (primary N) is 1. The van der Waals surface area contributed by atoms with Gasteiger partial charge < -0.3 is 10.6 Å². The Kier molecular flexibility index (Phi) is 5.13. The molecule has 5 heteroatoms. The van der Waals surface area contributed by atoms with Crippen LogP contribution in [0.1, 0.15) is 36.4 Å². The van der Waals surface area contributed by atoms with E-state index >= 15 is 0 Å². The first kappa shape index (κ1) is 13.5. The van der Waals surface area contributed by atoms with Crippen LogP contribution in [0.3, 0.4) is 0 Å². The maximum Gasteiger partial charge on any atom is 0.229 e. The predicted octanol–water partition coefficient (Wildman–Crippen LogP) is 1.59. The number of hydrogen-bond donors (Lipinski definition) is 1. The summed E-state index contributed by atoms with van der Waals surface area (Å²) in [5, 5.41) is 2.94. The van der Waals surface area contributed by atoms with Gasteiger partial charge in [0.25, 0.3) is 0 Å². The highest BCUT2D eigenvalue weighted by Crippen LogP contribution is 2.14. The molecule has 2 rings (SSSR count). The number of aromatic nitrogens is 1. The number of amides is 1. The average Bonchev–Trinajstić information content (AvgIpc) is 2.65. The molecular formula is C13H21N3OS. The summed E-state index contributed by atoms with van der Waals surface area (Å²) in [5.74, 6) is 0.227. The van der Waals surface area contributed by atoms with Crippen LogP contribution in [-0.2, 0) is 17.6 Å². The van der Waals surface area contributed by atoms with Crippen LogP contribution >= 0.6 is 11.3 Å². The molecule has 0 saturated carbocycles. The van der Waals surface area contributed by atoms with Gasteiger partial charge in [-0.2, -0.15) is 0 Å². The zero-order chi connectivity index (χ0) is 12.8. The van der Waals surface area contributed by atoms with Crippen molar-refractivity contribution in [2.75, 3.05) is 19.6 Å². The maximum absolute atomic E-state index is 12.2. The van der Waals surface area contributed by atoms with Gasteiger partial charge in [-0.3, -0.25) is 4.79 Å². The number of carbonyl (C=O) groups is 1. The minimum Gasteiger partial charge on any atom is -0.342 e. The van der Waals surface area contributed by atoms with Gasteiger partial charge in [0.2, 0.25) is 5.91 Å². The van der Waals surface area contributed by atoms with Crippen LogP contribution in [0.4, 0.5) is 0 Å². The number of carbonyl (C=O) groups excluding carboxylic acids is 1. The van der Waals surface area contributed by atoms with Crippen molar-refractivity contribution in [1.29, 1.82) is 0 Å². The number of hydrogen-bond acceptors (Lipinski definition) is 4. The lowest BCUT2D eigenvalue weighted by molar-refractivity contribution is -0.130. The van der Waals surface area contributed by atoms with Crippen LogP contribution in [0.2, 0.25) is 0 Å². The molecule has 2 heterocycles. The van der Waals surface area contributed by atoms with Crippen molar-refractivity contribution in [1.82, 2.24) is 9.88 Å². The molecule has 1 aromatic rings. The zero-order valence-electron chi connectivity index (χ0n) is 10.7. The summed E-state index contributed by atoms with van der Waals surface area (Å²) < 4.78 is 0. The van der Waals surface area contributed by atoms with Gasteiger partial charge in [0.1, 0.15) is 5.01 Å². The molecule has 0 aromatic carbocycles. The Bertz CT molecular complexity index is 383. The molecule has 1 aliphatic heterocycles. The summed E-state index contributed by atoms with van der Waals surface area (Å²) in [4.78, 5) is 18.6. The fourth-order valence-corrected chi connectivity index (χ4v) is 3.07. The molecule has 0 bridgehead atoms. The fraction of sp³-hybridized carbons (Fsp3) is 0.692. The molecule has 0 unspecified atom stereocenters. The van der Waals surface area contributed by atoms with Gasteiger partial charge >= 0.3 is 0 Å². The molecule has 0 radical (unpaired) electrons. The van der Waals surface area contributed by atoms with Crippen LogP contribution < -0.4 is 5.73 Å². The van der Waals surface area contributed by atoms with E-state index in [0.717, 1.165) is 43.1 Å². The van der Waals surface area contributed by atoms with E-state index in [4.69, 9.17) is 5.73 Å². The van der Waals surface area contributed by atoms with Crippen molar-refractivity contribution in [3.8, 4) is 0 Å². The SMILES string of the molecule is NCCc1csc(CC(=O)N2CCCCCC2)n1. The lowest BCUT2D eigenvalue weighted by Crippen LogP contribution is -2.33. The third kappa shape index (κ3) is 3.78. The summed E-state index contributed by atoms with van der Waals surface area (Å²) in [6.45, 7) is 2.45. The van der Waals surface area contributed by atoms with Crippen LogP contribution in [0.15, 0.2) is 5.38 Å². The Morgan fingerprint density at radius 2 is 2.06 bits per heavy atom. The molecule has 1 aliphatic rings. The van der Waals surface area contributed by atoms with Gasteiger partial charge in [0, 0.05) is 24.9 Å². The Hall–Kier alpha value is -0.940. The second-order valence-electron chi connectivity index (χ2n) is 4.74. The monoisotopic (exact) mass is 267 g/mol. The smallest absolute Gasteiger partial charge is 0.229 e. The molecule has 1 amide bonds. The van der Waals surface area contributed by atoms with Gasteiger partial charge in [-0.25, -0.2) is 4.98 Å². The van der Waals surface area contributed by atoms with Gasteiger partial charge in [-0.05, 0) is 19.4 Å². The highest BCUT2D eigenvalue weighted by Gasteiger charge is 2.17. The van der Waals surface area contributed by atoms with Crippen molar-refractivity contribution < 1.29 is 4.79 Å². The highest BCUT2D eigenvalue weighted by molar-refractivity contribution is 7.09. The second-order valence-corrected chi connectivity index (χ2v) is 5.69. The van der Waals surface area contributed by atoms with Crippen LogP contribution in [-0.4, -0.2) is 35.4 Å². The summed E-state index contributed by atoms with van der Waals surface area (Å²) in [7, 11) is 0. The third-order valence-electron chi connectivity index (χ3n) is 3.26. The average molecular weight is 267 g/mol. The fourth-order valence-electron chi connectivity index (χ4n) is 2.25. The van der Waals surface area contributed by atoms with E-state index in [1.807, 2.05) is 10.3 Å². The normalized spacial score (nSPS) is 16.6. The first-order chi connectivity index (χ1) is 8.79. The molecule has 1 aromatic heterocycles. The van der Waals surface area contributed by atoms with E-state index in [0.29, 0.717) is 13.0 Å². The molecule has 1 fully saturated rings. The van der Waals surface area contributed by atoms with Crippen molar-refractivity contribution in [3.63, 3.8) is 0 Å². The molecule has 18 heavy (non-hydrogen) atoms. The summed E-state index contributed by atoms with van der Waals surface area (Å²) >= 11 is 1.57. The van der Waals surface area contributed by atoms with E-state index in [2.05, 4.69) is 4.98 Å². The van der Waals surface area contributed by atoms with Crippen molar-refractivity contribution >= 4 is 17.2 Å². The molecule has 2 N–H and O–H groups in total. The quantitative estimate of drug-likeness (QED) is 0.901. The lowest BCUT2D eigenvalue weighted by Gasteiger charge is -2.19. The zero-order valence-corrected chi connectivity index (χ0v) is 11.5. The maximum atomic E-state index is 12.2. The summed E-state index contributed by atoms with van der Waals surface area (Å²) in [6.07, 6.45) is 6.04. The third-order valence-corrected chi connectivity index (χ3v) is 4.16. The minimum atomic E-state index is 0.227. The Balaban J connectivity index is 1.88. The standard InChI is InChI=1S/C13H21N3OS/c14-6-5-11-10-18-12(15-11)9-13(17)16-7-3-1-2-4-8-16/h10H,1-9,14H2. The molecule has 0 atom stereocenters. The highest BCUT2D eigenvalue weighted by atomic mass is 32.1. The number of rotatable bonds is 4. The van der Waals surface area contributed by atoms with E-state index < -0.39 is 0 Å². The van der Waals surface area contributed by atoms with E-state index in [1.54, 1.807) is 11.3 Å². The van der Waals surface area contributed by atoms with E-state index in [9.17, 15) is 4.79 Å². The number of thiazole rings is 1. The van der Waals surface area contributed by atoms with Crippen LogP contribution in [0.5, 0.6) is 0 Å². The largest absolute Gasteiger partial charge is 0.342 e. The second kappa shape index (κ2) is 6.85. The van der Waals surface area contributed by atoms with Crippen molar-refractivity contribution in [3.05, 3.63) is 16.1 Å². The lowest BCUT2D eigenvalue weighted by atomic mass is 10.2. The van der Waals surface area contributed by atoms with E-state index in [1.165, 1.54) is 12.8 Å². The topological polar surface area (TPSA) is 59.2 Å². The summed E-state index contributed by atoms with van der Waals surface area (Å²) in [6, 6.07) is 0. The van der Waals surface area contributed by atoms with Gasteiger partial charge in [0.05, 0.1) is 12.1 Å². The Morgan fingerprint density at radius 3 is 2.72 bits per heavy atom. The van der Waals surface area contributed by atoms with Crippen LogP contribution in [0, 0.1) is 0 Å². The van der Waals surface area contributed by atoms with E-state index in [-0.39, 0.29) is 5.91 Å². The molecule has 4 nitrogen and oxygen atoms in total. The minimum absolute atomic E-state index is 0.227. The van der Waals surface area contributed by atoms with Crippen molar-refractivity contribution in [2.45, 2.75) is 38.5 Å². The van der Waals surface area contributed by atoms with Gasteiger partial charge in [0.15, 0.2) is 0 Å². The van der Waals surface area contributed by atoms with Crippen molar-refractivity contribution in [2.24, 2.45) is 5.73 Å². The predicted molar refractivity (Wildman–Crippen MR) is 73.6 cm³/mol. The molecule has 100 valence electrons. The Labute approximate surface area is 112 Å². The number of likely N-dealkylation sites (tertiary alicyclic amines) is 1. The number of nitrogens with zero attached hydrogens (tertiary/aromatic N) is 2. The molecule has 1 saturated heterocycles. The van der Waals surface area contributed by atoms with Gasteiger partial charge in [-0.15, -0.1) is 11.3 Å².